The molecule has 1 aromatic heterocycles. The first kappa shape index (κ1) is 16.2. The largest absolute Gasteiger partial charge is 0.469 e. The van der Waals surface area contributed by atoms with Gasteiger partial charge in [-0.15, -0.1) is 0 Å². The maximum Gasteiger partial charge on any atom is 0.335 e. The van der Waals surface area contributed by atoms with Gasteiger partial charge in [0.1, 0.15) is 0 Å². The van der Waals surface area contributed by atoms with E-state index in [1.807, 2.05) is 12.1 Å². The molecule has 0 radical (unpaired) electrons. The molecule has 3 rings (SSSR count). The number of hydrogen-bond donors (Lipinski definition) is 0. The normalized spacial score (nSPS) is 12.9. The molecule has 0 amide bonds. The molecule has 1 aliphatic rings. The van der Waals surface area contributed by atoms with Gasteiger partial charge in [-0.3, -0.25) is 9.59 Å². The predicted octanol–water partition coefficient (Wildman–Crippen LogP) is 1.13. The highest BCUT2D eigenvalue weighted by molar-refractivity contribution is 5.69. The molecular formula is C18H20N2O4. The summed E-state index contributed by atoms with van der Waals surface area (Å²) in [4.78, 5) is 36.4. The quantitative estimate of drug-likeness (QED) is 0.789. The Balaban J connectivity index is 1.96. The number of hydrogen-bond acceptors (Lipinski definition) is 4. The van der Waals surface area contributed by atoms with E-state index < -0.39 is 0 Å². The predicted molar refractivity (Wildman–Crippen MR) is 89.6 cm³/mol. The van der Waals surface area contributed by atoms with Crippen LogP contribution in [-0.4, -0.2) is 22.2 Å². The van der Waals surface area contributed by atoms with E-state index >= 15 is 0 Å². The zero-order valence-electron chi connectivity index (χ0n) is 13.9. The Labute approximate surface area is 139 Å². The van der Waals surface area contributed by atoms with E-state index in [9.17, 15) is 14.4 Å². The van der Waals surface area contributed by atoms with E-state index in [1.54, 1.807) is 23.7 Å². The van der Waals surface area contributed by atoms with Gasteiger partial charge in [-0.25, -0.2) is 9.36 Å². The van der Waals surface area contributed by atoms with Crippen LogP contribution in [0.4, 0.5) is 0 Å². The van der Waals surface area contributed by atoms with Crippen LogP contribution in [0.25, 0.3) is 5.69 Å². The van der Waals surface area contributed by atoms with Crippen molar-refractivity contribution in [1.29, 1.82) is 0 Å². The topological polar surface area (TPSA) is 70.3 Å². The first-order chi connectivity index (χ1) is 11.5. The van der Waals surface area contributed by atoms with Crippen LogP contribution in [0.2, 0.25) is 0 Å². The summed E-state index contributed by atoms with van der Waals surface area (Å²) >= 11 is 0. The van der Waals surface area contributed by atoms with Crippen LogP contribution in [0, 0.1) is 0 Å². The maximum absolute atomic E-state index is 12.7. The third kappa shape index (κ3) is 2.79. The Hall–Kier alpha value is -2.63. The second-order valence-corrected chi connectivity index (χ2v) is 6.00. The number of rotatable bonds is 4. The monoisotopic (exact) mass is 328 g/mol. The van der Waals surface area contributed by atoms with E-state index in [2.05, 4.69) is 4.74 Å². The minimum absolute atomic E-state index is 0.215. The number of methoxy groups -OCH3 is 1. The van der Waals surface area contributed by atoms with Crippen molar-refractivity contribution in [2.75, 3.05) is 7.11 Å². The lowest BCUT2D eigenvalue weighted by atomic mass is 10.1. The molecule has 0 saturated heterocycles. The Bertz CT molecular complexity index is 891. The van der Waals surface area contributed by atoms with Crippen LogP contribution in [-0.2, 0) is 35.8 Å². The number of carbonyl (C=O) groups excluding carboxylic acids is 1. The SMILES string of the molecule is COC(=O)CCc1ccc(-n2c(=O)c3c(n(C)c2=O)CCC3)cc1. The van der Waals surface area contributed by atoms with E-state index in [4.69, 9.17) is 0 Å². The third-order valence-corrected chi connectivity index (χ3v) is 4.57. The minimum atomic E-state index is -0.317. The standard InChI is InChI=1S/C18H20N2O4/c1-19-15-5-3-4-14(15)17(22)20(18(19)23)13-9-6-12(7-10-13)8-11-16(21)24-2/h6-7,9-10H,3-5,8,11H2,1-2H3. The number of benzene rings is 1. The summed E-state index contributed by atoms with van der Waals surface area (Å²) < 4.78 is 7.43. The molecule has 2 aromatic rings. The minimum Gasteiger partial charge on any atom is -0.469 e. The lowest BCUT2D eigenvalue weighted by Crippen LogP contribution is -2.40. The number of aromatic nitrogens is 2. The summed E-state index contributed by atoms with van der Waals surface area (Å²) in [6, 6.07) is 7.16. The molecule has 1 aliphatic carbocycles. The van der Waals surface area contributed by atoms with Crippen molar-refractivity contribution in [3.63, 3.8) is 0 Å². The molecule has 6 heteroatoms. The maximum atomic E-state index is 12.7. The average molecular weight is 328 g/mol. The van der Waals surface area contributed by atoms with Crippen LogP contribution < -0.4 is 11.2 Å². The molecule has 0 fully saturated rings. The molecule has 0 unspecified atom stereocenters. The second-order valence-electron chi connectivity index (χ2n) is 6.00. The van der Waals surface area contributed by atoms with Gasteiger partial charge in [0.05, 0.1) is 12.8 Å². The molecule has 0 atom stereocenters. The average Bonchev–Trinajstić information content (AvgIpc) is 3.09. The fourth-order valence-electron chi connectivity index (χ4n) is 3.20. The van der Waals surface area contributed by atoms with Crippen LogP contribution in [0.15, 0.2) is 33.9 Å². The summed E-state index contributed by atoms with van der Waals surface area (Å²) in [6.07, 6.45) is 3.28. The smallest absolute Gasteiger partial charge is 0.335 e. The van der Waals surface area contributed by atoms with Gasteiger partial charge in [0.25, 0.3) is 5.56 Å². The van der Waals surface area contributed by atoms with Crippen molar-refractivity contribution in [2.24, 2.45) is 7.05 Å². The van der Waals surface area contributed by atoms with Gasteiger partial charge < -0.3 is 9.30 Å². The number of aryl methyl sites for hydroxylation is 1. The lowest BCUT2D eigenvalue weighted by Gasteiger charge is -2.12. The van der Waals surface area contributed by atoms with Gasteiger partial charge in [0.2, 0.25) is 0 Å². The summed E-state index contributed by atoms with van der Waals surface area (Å²) in [6.45, 7) is 0. The van der Waals surface area contributed by atoms with Gasteiger partial charge in [-0.2, -0.15) is 0 Å². The highest BCUT2D eigenvalue weighted by Crippen LogP contribution is 2.17. The zero-order chi connectivity index (χ0) is 17.3. The molecule has 24 heavy (non-hydrogen) atoms. The van der Waals surface area contributed by atoms with Crippen molar-refractivity contribution in [2.45, 2.75) is 32.1 Å². The first-order valence-corrected chi connectivity index (χ1v) is 8.03. The molecule has 6 nitrogen and oxygen atoms in total. The third-order valence-electron chi connectivity index (χ3n) is 4.57. The van der Waals surface area contributed by atoms with Gasteiger partial charge in [0.15, 0.2) is 0 Å². The van der Waals surface area contributed by atoms with Crippen LogP contribution in [0.5, 0.6) is 0 Å². The number of carbonyl (C=O) groups is 1. The molecule has 0 saturated carbocycles. The number of esters is 1. The summed E-state index contributed by atoms with van der Waals surface area (Å²) in [5.74, 6) is -0.261. The molecule has 1 aromatic carbocycles. The summed E-state index contributed by atoms with van der Waals surface area (Å²) in [5, 5.41) is 0. The van der Waals surface area contributed by atoms with Crippen LogP contribution in [0.1, 0.15) is 29.7 Å². The Morgan fingerprint density at radius 3 is 2.54 bits per heavy atom. The molecule has 0 aliphatic heterocycles. The summed E-state index contributed by atoms with van der Waals surface area (Å²) in [5.41, 5.74) is 2.57. The van der Waals surface area contributed by atoms with E-state index in [-0.39, 0.29) is 17.2 Å². The Morgan fingerprint density at radius 1 is 1.17 bits per heavy atom. The fraction of sp³-hybridized carbons (Fsp3) is 0.389. The highest BCUT2D eigenvalue weighted by atomic mass is 16.5. The lowest BCUT2D eigenvalue weighted by molar-refractivity contribution is -0.140. The molecule has 0 N–H and O–H groups in total. The van der Waals surface area contributed by atoms with Crippen molar-refractivity contribution in [3.8, 4) is 5.69 Å². The second kappa shape index (κ2) is 6.47. The van der Waals surface area contributed by atoms with Crippen molar-refractivity contribution in [3.05, 3.63) is 61.9 Å². The van der Waals surface area contributed by atoms with E-state index in [0.29, 0.717) is 18.5 Å². The number of nitrogens with zero attached hydrogens (tertiary/aromatic N) is 2. The van der Waals surface area contributed by atoms with Gasteiger partial charge in [-0.05, 0) is 43.4 Å². The number of fused-ring (bicyclic) bond motifs is 1. The molecule has 0 bridgehead atoms. The molecule has 0 spiro atoms. The highest BCUT2D eigenvalue weighted by Gasteiger charge is 2.21. The molecule has 126 valence electrons. The van der Waals surface area contributed by atoms with Crippen LogP contribution >= 0.6 is 0 Å². The van der Waals surface area contributed by atoms with Gasteiger partial charge >= 0.3 is 11.7 Å². The fourth-order valence-corrected chi connectivity index (χ4v) is 3.20. The van der Waals surface area contributed by atoms with Crippen molar-refractivity contribution in [1.82, 2.24) is 9.13 Å². The number of ether oxygens (including phenoxy) is 1. The van der Waals surface area contributed by atoms with E-state index in [0.717, 1.165) is 36.1 Å². The molecule has 1 heterocycles. The van der Waals surface area contributed by atoms with Crippen molar-refractivity contribution >= 4 is 5.97 Å². The van der Waals surface area contributed by atoms with Crippen LogP contribution in [0.3, 0.4) is 0 Å². The van der Waals surface area contributed by atoms with Crippen molar-refractivity contribution < 1.29 is 9.53 Å². The Kier molecular flexibility index (Phi) is 4.38. The zero-order valence-corrected chi connectivity index (χ0v) is 13.9. The van der Waals surface area contributed by atoms with Gasteiger partial charge in [-0.1, -0.05) is 12.1 Å². The summed E-state index contributed by atoms with van der Waals surface area (Å²) in [7, 11) is 3.08. The van der Waals surface area contributed by atoms with Gasteiger partial charge in [0, 0.05) is 24.7 Å². The van der Waals surface area contributed by atoms with E-state index in [1.165, 1.54) is 11.7 Å². The first-order valence-electron chi connectivity index (χ1n) is 8.03. The molecular weight excluding hydrogens is 308 g/mol. The Morgan fingerprint density at radius 2 is 1.88 bits per heavy atom.